The van der Waals surface area contributed by atoms with Crippen LogP contribution in [-0.2, 0) is 4.74 Å². The second-order valence-electron chi connectivity index (χ2n) is 4.84. The molecule has 2 rings (SSSR count). The Morgan fingerprint density at radius 1 is 1.31 bits per heavy atom. The van der Waals surface area contributed by atoms with Gasteiger partial charge in [-0.2, -0.15) is 0 Å². The van der Waals surface area contributed by atoms with Crippen LogP contribution in [0, 0.1) is 5.41 Å². The third-order valence-electron chi connectivity index (χ3n) is 3.40. The van der Waals surface area contributed by atoms with Crippen molar-refractivity contribution >= 4 is 0 Å². The van der Waals surface area contributed by atoms with E-state index in [9.17, 15) is 0 Å². The van der Waals surface area contributed by atoms with E-state index in [2.05, 4.69) is 43.3 Å². The fourth-order valence-electron chi connectivity index (χ4n) is 2.59. The van der Waals surface area contributed by atoms with Gasteiger partial charge in [0.2, 0.25) is 0 Å². The van der Waals surface area contributed by atoms with Crippen molar-refractivity contribution < 1.29 is 4.74 Å². The molecule has 0 aromatic heterocycles. The Labute approximate surface area is 97.2 Å². The molecular weight excluding hydrogens is 200 g/mol. The van der Waals surface area contributed by atoms with Crippen molar-refractivity contribution in [2.75, 3.05) is 33.9 Å². The monoisotopic (exact) mass is 220 g/mol. The second-order valence-corrected chi connectivity index (χ2v) is 4.84. The van der Waals surface area contributed by atoms with Crippen molar-refractivity contribution in [1.82, 2.24) is 4.90 Å². The molecular formula is C13H20N2O. The maximum Gasteiger partial charge on any atom is 0.0575 e. The summed E-state index contributed by atoms with van der Waals surface area (Å²) in [6.45, 7) is 2.20. The number of hydrogen-bond acceptors (Lipinski definition) is 3. The Bertz CT molecular complexity index is 328. The van der Waals surface area contributed by atoms with Crippen LogP contribution in [0.5, 0.6) is 0 Å². The first-order chi connectivity index (χ1) is 7.69. The molecule has 1 fully saturated rings. The Hall–Kier alpha value is -0.900. The van der Waals surface area contributed by atoms with Crippen LogP contribution in [0.4, 0.5) is 0 Å². The summed E-state index contributed by atoms with van der Waals surface area (Å²) in [5.41, 5.74) is 7.35. The molecule has 16 heavy (non-hydrogen) atoms. The Morgan fingerprint density at radius 3 is 2.31 bits per heavy atom. The molecule has 0 amide bonds. The van der Waals surface area contributed by atoms with Crippen molar-refractivity contribution in [3.05, 3.63) is 35.9 Å². The van der Waals surface area contributed by atoms with Crippen LogP contribution in [0.2, 0.25) is 0 Å². The fourth-order valence-corrected chi connectivity index (χ4v) is 2.59. The first-order valence-electron chi connectivity index (χ1n) is 5.69. The minimum atomic E-state index is 0.0881. The van der Waals surface area contributed by atoms with E-state index in [0.29, 0.717) is 12.6 Å². The SMILES string of the molecule is CN(C)C(c1ccccc1)C1(CN)COC1. The van der Waals surface area contributed by atoms with Gasteiger partial charge >= 0.3 is 0 Å². The zero-order valence-electron chi connectivity index (χ0n) is 10.0. The van der Waals surface area contributed by atoms with Gasteiger partial charge in [0, 0.05) is 18.0 Å². The standard InChI is InChI=1S/C13H20N2O/c1-15(2)12(11-6-4-3-5-7-11)13(8-14)9-16-10-13/h3-7,12H,8-10,14H2,1-2H3. The highest BCUT2D eigenvalue weighted by Gasteiger charge is 2.46. The van der Waals surface area contributed by atoms with Crippen molar-refractivity contribution in [2.24, 2.45) is 11.1 Å². The van der Waals surface area contributed by atoms with E-state index in [1.54, 1.807) is 0 Å². The van der Waals surface area contributed by atoms with E-state index in [1.807, 2.05) is 6.07 Å². The van der Waals surface area contributed by atoms with Crippen LogP contribution >= 0.6 is 0 Å². The predicted octanol–water partition coefficient (Wildman–Crippen LogP) is 1.26. The summed E-state index contributed by atoms with van der Waals surface area (Å²) in [5.74, 6) is 0. The average Bonchev–Trinajstić information content (AvgIpc) is 2.24. The lowest BCUT2D eigenvalue weighted by Gasteiger charge is -2.49. The molecule has 0 radical (unpaired) electrons. The van der Waals surface area contributed by atoms with E-state index in [1.165, 1.54) is 5.56 Å². The van der Waals surface area contributed by atoms with Crippen molar-refractivity contribution in [3.8, 4) is 0 Å². The third-order valence-corrected chi connectivity index (χ3v) is 3.40. The summed E-state index contributed by atoms with van der Waals surface area (Å²) in [4.78, 5) is 2.24. The molecule has 1 atom stereocenters. The Morgan fingerprint density at radius 2 is 1.94 bits per heavy atom. The summed E-state index contributed by atoms with van der Waals surface area (Å²) in [6, 6.07) is 10.9. The Kier molecular flexibility index (Phi) is 3.28. The largest absolute Gasteiger partial charge is 0.380 e. The normalized spacial score (nSPS) is 20.5. The summed E-state index contributed by atoms with van der Waals surface area (Å²) in [7, 11) is 4.21. The molecule has 1 aliphatic rings. The van der Waals surface area contributed by atoms with Gasteiger partial charge in [0.25, 0.3) is 0 Å². The van der Waals surface area contributed by atoms with Crippen LogP contribution in [-0.4, -0.2) is 38.8 Å². The molecule has 1 heterocycles. The van der Waals surface area contributed by atoms with Gasteiger partial charge in [-0.3, -0.25) is 0 Å². The smallest absolute Gasteiger partial charge is 0.0575 e. The quantitative estimate of drug-likeness (QED) is 0.830. The van der Waals surface area contributed by atoms with Crippen LogP contribution in [0.1, 0.15) is 11.6 Å². The molecule has 0 spiro atoms. The summed E-state index contributed by atoms with van der Waals surface area (Å²) in [6.07, 6.45) is 0. The number of hydrogen-bond donors (Lipinski definition) is 1. The lowest BCUT2D eigenvalue weighted by Crippen LogP contribution is -2.55. The molecule has 3 heteroatoms. The highest BCUT2D eigenvalue weighted by molar-refractivity contribution is 5.23. The number of nitrogens with two attached hydrogens (primary N) is 1. The van der Waals surface area contributed by atoms with Crippen molar-refractivity contribution in [3.63, 3.8) is 0 Å². The maximum atomic E-state index is 5.94. The number of benzene rings is 1. The van der Waals surface area contributed by atoms with Gasteiger partial charge in [0.05, 0.1) is 13.2 Å². The summed E-state index contributed by atoms with van der Waals surface area (Å²) < 4.78 is 5.38. The zero-order valence-corrected chi connectivity index (χ0v) is 10.0. The lowest BCUT2D eigenvalue weighted by molar-refractivity contribution is -0.145. The second kappa shape index (κ2) is 4.53. The average molecular weight is 220 g/mol. The predicted molar refractivity (Wildman–Crippen MR) is 65.2 cm³/mol. The van der Waals surface area contributed by atoms with E-state index in [-0.39, 0.29) is 5.41 Å². The molecule has 2 N–H and O–H groups in total. The summed E-state index contributed by atoms with van der Waals surface area (Å²) in [5, 5.41) is 0. The van der Waals surface area contributed by atoms with Crippen LogP contribution in [0.25, 0.3) is 0 Å². The number of rotatable bonds is 4. The van der Waals surface area contributed by atoms with Gasteiger partial charge in [-0.05, 0) is 19.7 Å². The number of nitrogens with zero attached hydrogens (tertiary/aromatic N) is 1. The van der Waals surface area contributed by atoms with Crippen molar-refractivity contribution in [1.29, 1.82) is 0 Å². The van der Waals surface area contributed by atoms with E-state index in [0.717, 1.165) is 13.2 Å². The third kappa shape index (κ3) is 1.86. The van der Waals surface area contributed by atoms with Crippen LogP contribution in [0.15, 0.2) is 30.3 Å². The molecule has 1 aromatic rings. The molecule has 1 saturated heterocycles. The van der Waals surface area contributed by atoms with Crippen LogP contribution in [0.3, 0.4) is 0 Å². The highest BCUT2D eigenvalue weighted by Crippen LogP contribution is 2.42. The molecule has 1 unspecified atom stereocenters. The molecule has 1 aromatic carbocycles. The van der Waals surface area contributed by atoms with Crippen LogP contribution < -0.4 is 5.73 Å². The summed E-state index contributed by atoms with van der Waals surface area (Å²) >= 11 is 0. The minimum Gasteiger partial charge on any atom is -0.380 e. The topological polar surface area (TPSA) is 38.5 Å². The minimum absolute atomic E-state index is 0.0881. The first kappa shape index (κ1) is 11.6. The molecule has 0 saturated carbocycles. The molecule has 0 bridgehead atoms. The van der Waals surface area contributed by atoms with E-state index in [4.69, 9.17) is 10.5 Å². The van der Waals surface area contributed by atoms with Gasteiger partial charge in [0.15, 0.2) is 0 Å². The molecule has 1 aliphatic heterocycles. The molecule has 3 nitrogen and oxygen atoms in total. The molecule has 0 aliphatic carbocycles. The molecule has 88 valence electrons. The van der Waals surface area contributed by atoms with Crippen molar-refractivity contribution in [2.45, 2.75) is 6.04 Å². The zero-order chi connectivity index (χ0) is 11.6. The van der Waals surface area contributed by atoms with E-state index < -0.39 is 0 Å². The lowest BCUT2D eigenvalue weighted by atomic mass is 9.74. The van der Waals surface area contributed by atoms with Gasteiger partial charge in [-0.1, -0.05) is 30.3 Å². The van der Waals surface area contributed by atoms with E-state index >= 15 is 0 Å². The van der Waals surface area contributed by atoms with Gasteiger partial charge in [-0.25, -0.2) is 0 Å². The van der Waals surface area contributed by atoms with Gasteiger partial charge in [0.1, 0.15) is 0 Å². The Balaban J connectivity index is 2.31. The maximum absolute atomic E-state index is 5.94. The first-order valence-corrected chi connectivity index (χ1v) is 5.69. The number of ether oxygens (including phenoxy) is 1. The van der Waals surface area contributed by atoms with Gasteiger partial charge in [-0.15, -0.1) is 0 Å². The van der Waals surface area contributed by atoms with Gasteiger partial charge < -0.3 is 15.4 Å². The highest BCUT2D eigenvalue weighted by atomic mass is 16.5. The fraction of sp³-hybridized carbons (Fsp3) is 0.538.